The molecule has 4 nitrogen and oxygen atoms in total. The Balaban J connectivity index is 3.10. The van der Waals surface area contributed by atoms with Crippen LogP contribution in [0, 0.1) is 0 Å². The van der Waals surface area contributed by atoms with E-state index in [-0.39, 0.29) is 11.1 Å². The average molecular weight is 289 g/mol. The largest absolute Gasteiger partial charge is 0.379 e. The van der Waals surface area contributed by atoms with Crippen molar-refractivity contribution in [2.45, 2.75) is 65.5 Å². The highest BCUT2D eigenvalue weighted by Gasteiger charge is 2.08. The van der Waals surface area contributed by atoms with Crippen LogP contribution >= 0.6 is 0 Å². The van der Waals surface area contributed by atoms with Gasteiger partial charge in [0.15, 0.2) is 0 Å². The smallest absolute Gasteiger partial charge is 0.0700 e. The second-order valence-electron chi connectivity index (χ2n) is 7.07. The van der Waals surface area contributed by atoms with Crippen molar-refractivity contribution < 1.29 is 14.2 Å². The van der Waals surface area contributed by atoms with Gasteiger partial charge < -0.3 is 19.5 Å². The molecule has 20 heavy (non-hydrogen) atoms. The van der Waals surface area contributed by atoms with Crippen molar-refractivity contribution in [3.05, 3.63) is 0 Å². The number of nitrogens with one attached hydrogen (secondary N) is 1. The lowest BCUT2D eigenvalue weighted by Crippen LogP contribution is -2.36. The van der Waals surface area contributed by atoms with Crippen molar-refractivity contribution in [1.82, 2.24) is 5.32 Å². The Morgan fingerprint density at radius 1 is 0.700 bits per heavy atom. The van der Waals surface area contributed by atoms with Gasteiger partial charge in [0.05, 0.1) is 18.8 Å². The molecule has 0 atom stereocenters. The van der Waals surface area contributed by atoms with E-state index in [4.69, 9.17) is 14.2 Å². The summed E-state index contributed by atoms with van der Waals surface area (Å²) in [6, 6.07) is 0. The van der Waals surface area contributed by atoms with Crippen LogP contribution in [0.25, 0.3) is 0 Å². The van der Waals surface area contributed by atoms with Crippen LogP contribution < -0.4 is 5.32 Å². The van der Waals surface area contributed by atoms with Crippen molar-refractivity contribution in [2.24, 2.45) is 0 Å². The first-order chi connectivity index (χ1) is 9.21. The Bertz CT molecular complexity index is 195. The maximum atomic E-state index is 5.61. The summed E-state index contributed by atoms with van der Waals surface area (Å²) in [6.07, 6.45) is 1.98. The fraction of sp³-hybridized carbons (Fsp3) is 1.00. The first-order valence-corrected chi connectivity index (χ1v) is 7.75. The highest BCUT2D eigenvalue weighted by atomic mass is 16.5. The second kappa shape index (κ2) is 10.6. The highest BCUT2D eigenvalue weighted by Crippen LogP contribution is 2.06. The van der Waals surface area contributed by atoms with Gasteiger partial charge in [0.25, 0.3) is 0 Å². The van der Waals surface area contributed by atoms with Crippen LogP contribution in [0.2, 0.25) is 0 Å². The Kier molecular flexibility index (Phi) is 10.5. The molecule has 0 aromatic heterocycles. The van der Waals surface area contributed by atoms with E-state index in [1.165, 1.54) is 0 Å². The number of rotatable bonds is 11. The van der Waals surface area contributed by atoms with E-state index < -0.39 is 0 Å². The molecule has 1 N–H and O–H groups in total. The molecule has 0 saturated heterocycles. The van der Waals surface area contributed by atoms with E-state index in [9.17, 15) is 0 Å². The van der Waals surface area contributed by atoms with Crippen molar-refractivity contribution in [3.63, 3.8) is 0 Å². The molecule has 0 unspecified atom stereocenters. The predicted molar refractivity (Wildman–Crippen MR) is 84.3 cm³/mol. The molecule has 0 bridgehead atoms. The summed E-state index contributed by atoms with van der Waals surface area (Å²) in [4.78, 5) is 0. The molecule has 0 aromatic carbocycles. The SMILES string of the molecule is CC(C)(C)NCCCOCCOCCCOC(C)(C)C. The molecule has 0 aliphatic rings. The van der Waals surface area contributed by atoms with Crippen molar-refractivity contribution in [3.8, 4) is 0 Å². The molecule has 0 rings (SSSR count). The maximum absolute atomic E-state index is 5.61. The topological polar surface area (TPSA) is 39.7 Å². The lowest BCUT2D eigenvalue weighted by atomic mass is 10.1. The molecule has 0 fully saturated rings. The van der Waals surface area contributed by atoms with Crippen LogP contribution in [-0.2, 0) is 14.2 Å². The second-order valence-corrected chi connectivity index (χ2v) is 7.07. The Hall–Kier alpha value is -0.160. The van der Waals surface area contributed by atoms with Crippen molar-refractivity contribution >= 4 is 0 Å². The summed E-state index contributed by atoms with van der Waals surface area (Å²) in [7, 11) is 0. The quantitative estimate of drug-likeness (QED) is 0.594. The van der Waals surface area contributed by atoms with Gasteiger partial charge >= 0.3 is 0 Å². The zero-order valence-corrected chi connectivity index (χ0v) is 14.4. The summed E-state index contributed by atoms with van der Waals surface area (Å²) in [5.41, 5.74) is 0.141. The Labute approximate surface area is 125 Å². The molecular formula is C16H35NO3. The summed E-state index contributed by atoms with van der Waals surface area (Å²) in [6.45, 7) is 17.3. The number of hydrogen-bond donors (Lipinski definition) is 1. The minimum atomic E-state index is -0.0514. The van der Waals surface area contributed by atoms with Crippen LogP contribution in [0.15, 0.2) is 0 Å². The van der Waals surface area contributed by atoms with E-state index in [1.807, 2.05) is 0 Å². The van der Waals surface area contributed by atoms with Crippen molar-refractivity contribution in [1.29, 1.82) is 0 Å². The van der Waals surface area contributed by atoms with Gasteiger partial charge in [-0.25, -0.2) is 0 Å². The van der Waals surface area contributed by atoms with Gasteiger partial charge in [-0.15, -0.1) is 0 Å². The third-order valence-corrected chi connectivity index (χ3v) is 2.46. The van der Waals surface area contributed by atoms with Crippen molar-refractivity contribution in [2.75, 3.05) is 39.6 Å². The van der Waals surface area contributed by atoms with Gasteiger partial charge in [-0.2, -0.15) is 0 Å². The Morgan fingerprint density at radius 3 is 1.75 bits per heavy atom. The van der Waals surface area contributed by atoms with Gasteiger partial charge in [0.2, 0.25) is 0 Å². The zero-order valence-electron chi connectivity index (χ0n) is 14.4. The van der Waals surface area contributed by atoms with Crippen LogP contribution in [0.3, 0.4) is 0 Å². The minimum absolute atomic E-state index is 0.0514. The molecule has 4 heteroatoms. The predicted octanol–water partition coefficient (Wildman–Crippen LogP) is 3.00. The summed E-state index contributed by atoms with van der Waals surface area (Å²) >= 11 is 0. The molecule has 0 amide bonds. The molecule has 0 heterocycles. The molecule has 0 spiro atoms. The van der Waals surface area contributed by atoms with Gasteiger partial charge in [-0.1, -0.05) is 0 Å². The molecular weight excluding hydrogens is 254 g/mol. The lowest BCUT2D eigenvalue weighted by molar-refractivity contribution is -0.0183. The number of hydrogen-bond acceptors (Lipinski definition) is 4. The standard InChI is InChI=1S/C16H35NO3/c1-15(2,3)17-9-7-10-18-13-14-19-11-8-12-20-16(4,5)6/h17H,7-14H2,1-6H3. The molecule has 0 saturated carbocycles. The van der Waals surface area contributed by atoms with Crippen LogP contribution in [0.1, 0.15) is 54.4 Å². The minimum Gasteiger partial charge on any atom is -0.379 e. The van der Waals surface area contributed by atoms with Gasteiger partial charge in [-0.05, 0) is 60.9 Å². The van der Waals surface area contributed by atoms with Crippen LogP contribution in [0.4, 0.5) is 0 Å². The summed E-state index contributed by atoms with van der Waals surface area (Å²) in [5.74, 6) is 0. The first kappa shape index (κ1) is 19.8. The molecule has 0 aliphatic heterocycles. The van der Waals surface area contributed by atoms with E-state index in [0.717, 1.165) is 39.2 Å². The third-order valence-electron chi connectivity index (χ3n) is 2.46. The van der Waals surface area contributed by atoms with Gasteiger partial charge in [-0.3, -0.25) is 0 Å². The van der Waals surface area contributed by atoms with Crippen LogP contribution in [0.5, 0.6) is 0 Å². The van der Waals surface area contributed by atoms with E-state index in [2.05, 4.69) is 46.9 Å². The van der Waals surface area contributed by atoms with E-state index >= 15 is 0 Å². The van der Waals surface area contributed by atoms with Gasteiger partial charge in [0.1, 0.15) is 0 Å². The summed E-state index contributed by atoms with van der Waals surface area (Å²) < 4.78 is 16.6. The monoisotopic (exact) mass is 289 g/mol. The number of ether oxygens (including phenoxy) is 3. The highest BCUT2D eigenvalue weighted by molar-refractivity contribution is 4.69. The fourth-order valence-electron chi connectivity index (χ4n) is 1.50. The first-order valence-electron chi connectivity index (χ1n) is 7.75. The normalized spacial score (nSPS) is 12.9. The third kappa shape index (κ3) is 17.8. The van der Waals surface area contributed by atoms with E-state index in [1.54, 1.807) is 0 Å². The Morgan fingerprint density at radius 2 is 1.25 bits per heavy atom. The van der Waals surface area contributed by atoms with Crippen LogP contribution in [-0.4, -0.2) is 50.7 Å². The molecule has 0 aliphatic carbocycles. The lowest BCUT2D eigenvalue weighted by Gasteiger charge is -2.20. The zero-order chi connectivity index (χ0) is 15.5. The molecule has 0 aromatic rings. The van der Waals surface area contributed by atoms with Gasteiger partial charge in [0, 0.05) is 25.4 Å². The fourth-order valence-corrected chi connectivity index (χ4v) is 1.50. The maximum Gasteiger partial charge on any atom is 0.0700 e. The summed E-state index contributed by atoms with van der Waals surface area (Å²) in [5, 5.41) is 3.43. The molecule has 122 valence electrons. The molecule has 0 radical (unpaired) electrons. The average Bonchev–Trinajstić information content (AvgIpc) is 2.27. The van der Waals surface area contributed by atoms with E-state index in [0.29, 0.717) is 13.2 Å².